The third-order valence-electron chi connectivity index (χ3n) is 4.54. The molecule has 29 heavy (non-hydrogen) atoms. The Bertz CT molecular complexity index is 1080. The number of aromatic carboxylic acids is 1. The smallest absolute Gasteiger partial charge is 0.335 e. The van der Waals surface area contributed by atoms with Gasteiger partial charge < -0.3 is 9.84 Å². The summed E-state index contributed by atoms with van der Waals surface area (Å²) in [5.74, 6) is -0.275. The van der Waals surface area contributed by atoms with Gasteiger partial charge in [-0.15, -0.1) is 0 Å². The molecule has 0 bridgehead atoms. The van der Waals surface area contributed by atoms with Gasteiger partial charge in [0.25, 0.3) is 0 Å². The molecule has 1 N–H and O–H groups in total. The molecule has 0 radical (unpaired) electrons. The standard InChI is InChI=1S/C23H19Br2NO3/c1-14-4-3-5-21(15(14)2)26-12-18-10-19(24)11-20(25)22(18)29-13-16-6-8-17(9-7-16)23(27)28/h3-12H,13H2,1-2H3,(H,27,28). The second-order valence-electron chi connectivity index (χ2n) is 6.57. The summed E-state index contributed by atoms with van der Waals surface area (Å²) in [6.45, 7) is 4.43. The first-order chi connectivity index (χ1) is 13.8. The SMILES string of the molecule is Cc1cccc(N=Cc2cc(Br)cc(Br)c2OCc2ccc(C(=O)O)cc2)c1C. The van der Waals surface area contributed by atoms with Crippen LogP contribution in [0.3, 0.4) is 0 Å². The van der Waals surface area contributed by atoms with Gasteiger partial charge in [-0.2, -0.15) is 0 Å². The van der Waals surface area contributed by atoms with Crippen molar-refractivity contribution < 1.29 is 14.6 Å². The van der Waals surface area contributed by atoms with Crippen LogP contribution in [-0.4, -0.2) is 17.3 Å². The molecule has 0 saturated heterocycles. The summed E-state index contributed by atoms with van der Waals surface area (Å²) < 4.78 is 7.75. The summed E-state index contributed by atoms with van der Waals surface area (Å²) in [6.07, 6.45) is 1.79. The van der Waals surface area contributed by atoms with Gasteiger partial charge in [-0.25, -0.2) is 4.79 Å². The van der Waals surface area contributed by atoms with E-state index in [0.717, 1.165) is 31.3 Å². The van der Waals surface area contributed by atoms with Crippen molar-refractivity contribution in [1.29, 1.82) is 0 Å². The van der Waals surface area contributed by atoms with Gasteiger partial charge in [0.2, 0.25) is 0 Å². The second kappa shape index (κ2) is 9.37. The molecule has 3 rings (SSSR count). The normalized spacial score (nSPS) is 11.0. The molecule has 0 aliphatic carbocycles. The highest BCUT2D eigenvalue weighted by Crippen LogP contribution is 2.33. The van der Waals surface area contributed by atoms with Gasteiger partial charge in [0.1, 0.15) is 12.4 Å². The van der Waals surface area contributed by atoms with E-state index in [-0.39, 0.29) is 5.56 Å². The predicted molar refractivity (Wildman–Crippen MR) is 123 cm³/mol. The molecule has 0 atom stereocenters. The molecule has 0 unspecified atom stereocenters. The number of halogens is 2. The van der Waals surface area contributed by atoms with E-state index < -0.39 is 5.97 Å². The molecule has 3 aromatic carbocycles. The third kappa shape index (κ3) is 5.34. The zero-order valence-corrected chi connectivity index (χ0v) is 19.1. The summed E-state index contributed by atoms with van der Waals surface area (Å²) in [5.41, 5.74) is 5.20. The number of carboxylic acid groups (broad SMARTS) is 1. The number of hydrogen-bond acceptors (Lipinski definition) is 3. The Balaban J connectivity index is 1.86. The Morgan fingerprint density at radius 3 is 2.52 bits per heavy atom. The van der Waals surface area contributed by atoms with Gasteiger partial charge in [-0.1, -0.05) is 40.2 Å². The topological polar surface area (TPSA) is 58.9 Å². The van der Waals surface area contributed by atoms with Crippen LogP contribution < -0.4 is 4.74 Å². The second-order valence-corrected chi connectivity index (χ2v) is 8.34. The van der Waals surface area contributed by atoms with Crippen molar-refractivity contribution in [2.45, 2.75) is 20.5 Å². The lowest BCUT2D eigenvalue weighted by Crippen LogP contribution is -2.01. The maximum absolute atomic E-state index is 11.0. The highest BCUT2D eigenvalue weighted by molar-refractivity contribution is 9.11. The minimum Gasteiger partial charge on any atom is -0.487 e. The number of aryl methyl sites for hydroxylation is 1. The van der Waals surface area contributed by atoms with E-state index in [0.29, 0.717) is 12.4 Å². The molecular weight excluding hydrogens is 498 g/mol. The first kappa shape index (κ1) is 21.3. The van der Waals surface area contributed by atoms with Crippen molar-refractivity contribution in [3.05, 3.63) is 91.4 Å². The number of aliphatic imine (C=N–C) groups is 1. The maximum atomic E-state index is 11.0. The number of hydrogen-bond donors (Lipinski definition) is 1. The molecule has 0 saturated carbocycles. The van der Waals surface area contributed by atoms with Gasteiger partial charge in [-0.3, -0.25) is 4.99 Å². The van der Waals surface area contributed by atoms with Crippen LogP contribution in [0, 0.1) is 13.8 Å². The summed E-state index contributed by atoms with van der Waals surface area (Å²) in [5, 5.41) is 9.02. The van der Waals surface area contributed by atoms with Crippen molar-refractivity contribution >= 4 is 49.7 Å². The zero-order chi connectivity index (χ0) is 21.0. The summed E-state index contributed by atoms with van der Waals surface area (Å²) in [6, 6.07) is 16.5. The number of carbonyl (C=O) groups is 1. The Morgan fingerprint density at radius 2 is 1.83 bits per heavy atom. The van der Waals surface area contributed by atoms with Gasteiger partial charge >= 0.3 is 5.97 Å². The molecular formula is C23H19Br2NO3. The molecule has 0 spiro atoms. The van der Waals surface area contributed by atoms with E-state index in [2.05, 4.69) is 56.8 Å². The molecule has 148 valence electrons. The van der Waals surface area contributed by atoms with Crippen molar-refractivity contribution in [3.8, 4) is 5.75 Å². The molecule has 0 fully saturated rings. The van der Waals surface area contributed by atoms with Gasteiger partial charge in [0.15, 0.2) is 0 Å². The number of rotatable bonds is 6. The number of ether oxygens (including phenoxy) is 1. The van der Waals surface area contributed by atoms with Crippen molar-refractivity contribution in [3.63, 3.8) is 0 Å². The summed E-state index contributed by atoms with van der Waals surface area (Å²) in [4.78, 5) is 15.6. The minimum atomic E-state index is -0.946. The zero-order valence-electron chi connectivity index (χ0n) is 15.9. The van der Waals surface area contributed by atoms with E-state index in [9.17, 15) is 4.79 Å². The molecule has 0 aliphatic heterocycles. The molecule has 0 heterocycles. The molecule has 0 aliphatic rings. The van der Waals surface area contributed by atoms with Crippen LogP contribution in [0.5, 0.6) is 5.75 Å². The van der Waals surface area contributed by atoms with E-state index in [1.54, 1.807) is 30.5 Å². The molecule has 0 aromatic heterocycles. The predicted octanol–water partition coefficient (Wildman–Crippen LogP) is 6.86. The third-order valence-corrected chi connectivity index (χ3v) is 5.59. The summed E-state index contributed by atoms with van der Waals surface area (Å²) >= 11 is 7.07. The largest absolute Gasteiger partial charge is 0.487 e. The van der Waals surface area contributed by atoms with Crippen LogP contribution >= 0.6 is 31.9 Å². The van der Waals surface area contributed by atoms with Crippen molar-refractivity contribution in [1.82, 2.24) is 0 Å². The van der Waals surface area contributed by atoms with Crippen molar-refractivity contribution in [2.75, 3.05) is 0 Å². The molecule has 4 nitrogen and oxygen atoms in total. The van der Waals surface area contributed by atoms with Crippen LogP contribution in [0.15, 0.2) is 68.5 Å². The monoisotopic (exact) mass is 515 g/mol. The van der Waals surface area contributed by atoms with Gasteiger partial charge in [0.05, 0.1) is 15.7 Å². The lowest BCUT2D eigenvalue weighted by Gasteiger charge is -2.12. The van der Waals surface area contributed by atoms with Crippen LogP contribution in [0.1, 0.15) is 32.6 Å². The lowest BCUT2D eigenvalue weighted by molar-refractivity contribution is 0.0697. The fourth-order valence-corrected chi connectivity index (χ4v) is 4.11. The fraction of sp³-hybridized carbons (Fsp3) is 0.130. The Labute approximate surface area is 186 Å². The van der Waals surface area contributed by atoms with Crippen LogP contribution in [0.25, 0.3) is 0 Å². The Morgan fingerprint density at radius 1 is 1.10 bits per heavy atom. The first-order valence-corrected chi connectivity index (χ1v) is 10.5. The molecule has 3 aromatic rings. The van der Waals surface area contributed by atoms with Crippen LogP contribution in [-0.2, 0) is 6.61 Å². The fourth-order valence-electron chi connectivity index (χ4n) is 2.74. The number of carboxylic acids is 1. The minimum absolute atomic E-state index is 0.250. The highest BCUT2D eigenvalue weighted by atomic mass is 79.9. The average Bonchev–Trinajstić information content (AvgIpc) is 2.68. The van der Waals surface area contributed by atoms with Crippen molar-refractivity contribution in [2.24, 2.45) is 4.99 Å². The van der Waals surface area contributed by atoms with E-state index in [1.165, 1.54) is 5.56 Å². The quantitative estimate of drug-likeness (QED) is 0.364. The molecule has 6 heteroatoms. The highest BCUT2D eigenvalue weighted by Gasteiger charge is 2.10. The van der Waals surface area contributed by atoms with E-state index in [4.69, 9.17) is 9.84 Å². The van der Waals surface area contributed by atoms with Gasteiger partial charge in [-0.05, 0) is 76.8 Å². The Kier molecular flexibility index (Phi) is 6.87. The lowest BCUT2D eigenvalue weighted by atomic mass is 10.1. The first-order valence-electron chi connectivity index (χ1n) is 8.89. The Hall–Kier alpha value is -2.44. The van der Waals surface area contributed by atoms with Crippen LogP contribution in [0.4, 0.5) is 5.69 Å². The number of benzene rings is 3. The van der Waals surface area contributed by atoms with Crippen LogP contribution in [0.2, 0.25) is 0 Å². The average molecular weight is 517 g/mol. The maximum Gasteiger partial charge on any atom is 0.335 e. The van der Waals surface area contributed by atoms with E-state index in [1.807, 2.05) is 24.3 Å². The van der Waals surface area contributed by atoms with Gasteiger partial charge in [0, 0.05) is 16.3 Å². The summed E-state index contributed by atoms with van der Waals surface area (Å²) in [7, 11) is 0. The molecule has 0 amide bonds. The number of nitrogens with zero attached hydrogens (tertiary/aromatic N) is 1. The van der Waals surface area contributed by atoms with E-state index >= 15 is 0 Å².